The lowest BCUT2D eigenvalue weighted by Crippen LogP contribution is -2.32. The number of nitrogens with two attached hydrogens (primary N) is 1. The van der Waals surface area contributed by atoms with Crippen molar-refractivity contribution in [2.75, 3.05) is 39.3 Å². The predicted octanol–water partition coefficient (Wildman–Crippen LogP) is 12.5. The lowest BCUT2D eigenvalue weighted by Gasteiger charge is -2.22. The van der Waals surface area contributed by atoms with Gasteiger partial charge in [0.2, 0.25) is 0 Å². The van der Waals surface area contributed by atoms with Crippen LogP contribution in [0.15, 0.2) is 4.99 Å². The Balaban J connectivity index is 4.43. The minimum atomic E-state index is -0.0544. The van der Waals surface area contributed by atoms with Crippen LogP contribution in [0.1, 0.15) is 239 Å². The van der Waals surface area contributed by atoms with Gasteiger partial charge in [-0.15, -0.1) is 0 Å². The Morgan fingerprint density at radius 1 is 0.579 bits per heavy atom. The van der Waals surface area contributed by atoms with Crippen molar-refractivity contribution >= 4 is 17.9 Å². The minimum Gasteiger partial charge on any atom is -0.466 e. The highest BCUT2D eigenvalue weighted by Gasteiger charge is 2.14. The van der Waals surface area contributed by atoms with E-state index < -0.39 is 0 Å². The molecule has 0 aromatic rings. The first-order valence-electron chi connectivity index (χ1n) is 24.4. The van der Waals surface area contributed by atoms with Gasteiger partial charge in [-0.2, -0.15) is 5.26 Å². The second kappa shape index (κ2) is 44.8. The van der Waals surface area contributed by atoms with E-state index in [4.69, 9.17) is 20.5 Å². The zero-order valence-electron chi connectivity index (χ0n) is 37.9. The summed E-state index contributed by atoms with van der Waals surface area (Å²) in [5.41, 5.74) is 5.85. The van der Waals surface area contributed by atoms with Gasteiger partial charge in [0, 0.05) is 19.4 Å². The number of nitrogens with zero attached hydrogens (tertiary/aromatic N) is 3. The van der Waals surface area contributed by atoms with Gasteiger partial charge in [0.15, 0.2) is 5.96 Å². The molecular formula is C48H93N5O4. The molecule has 0 rings (SSSR count). The number of esters is 2. The first-order chi connectivity index (χ1) is 28.0. The van der Waals surface area contributed by atoms with Crippen LogP contribution in [0.25, 0.3) is 0 Å². The maximum Gasteiger partial charge on any atom is 0.306 e. The van der Waals surface area contributed by atoms with Crippen LogP contribution < -0.4 is 11.1 Å². The lowest BCUT2D eigenvalue weighted by molar-refractivity contribution is -0.150. The molecule has 0 aromatic heterocycles. The maximum atomic E-state index is 12.8. The molecule has 57 heavy (non-hydrogen) atoms. The van der Waals surface area contributed by atoms with E-state index in [1.165, 1.54) is 122 Å². The predicted molar refractivity (Wildman–Crippen MR) is 241 cm³/mol. The van der Waals surface area contributed by atoms with Gasteiger partial charge in [0.1, 0.15) is 12.6 Å². The number of hydrogen-bond donors (Lipinski definition) is 2. The third-order valence-corrected chi connectivity index (χ3v) is 11.0. The number of aliphatic imine (C=N–C) groups is 1. The summed E-state index contributed by atoms with van der Waals surface area (Å²) in [5.74, 6) is 0.269. The second-order valence-electron chi connectivity index (χ2n) is 16.6. The van der Waals surface area contributed by atoms with E-state index in [1.54, 1.807) is 0 Å². The third-order valence-electron chi connectivity index (χ3n) is 11.0. The average molecular weight is 804 g/mol. The molecule has 3 N–H and O–H groups in total. The van der Waals surface area contributed by atoms with E-state index in [0.29, 0.717) is 32.0 Å². The Bertz CT molecular complexity index is 940. The molecule has 0 unspecified atom stereocenters. The minimum absolute atomic E-state index is 0.00123. The summed E-state index contributed by atoms with van der Waals surface area (Å²) in [5, 5.41) is 11.5. The molecule has 0 spiro atoms. The molecule has 0 radical (unpaired) electrons. The van der Waals surface area contributed by atoms with E-state index in [1.807, 2.05) is 6.07 Å². The van der Waals surface area contributed by atoms with Gasteiger partial charge in [-0.1, -0.05) is 162 Å². The Morgan fingerprint density at radius 3 is 1.53 bits per heavy atom. The molecule has 9 heteroatoms. The van der Waals surface area contributed by atoms with Gasteiger partial charge in [0.25, 0.3) is 0 Å². The zero-order chi connectivity index (χ0) is 41.7. The maximum absolute atomic E-state index is 12.8. The number of nitrogens with one attached hydrogen (secondary N) is 1. The molecule has 0 aliphatic carbocycles. The van der Waals surface area contributed by atoms with Crippen molar-refractivity contribution in [3.05, 3.63) is 0 Å². The fourth-order valence-corrected chi connectivity index (χ4v) is 7.41. The number of carbonyl (C=O) groups excluding carboxylic acids is 2. The summed E-state index contributed by atoms with van der Waals surface area (Å²) in [4.78, 5) is 31.9. The molecule has 0 aromatic carbocycles. The summed E-state index contributed by atoms with van der Waals surface area (Å²) < 4.78 is 11.5. The van der Waals surface area contributed by atoms with Crippen molar-refractivity contribution in [2.45, 2.75) is 245 Å². The molecule has 0 heterocycles. The fourth-order valence-electron chi connectivity index (χ4n) is 7.41. The van der Waals surface area contributed by atoms with Gasteiger partial charge in [-0.3, -0.25) is 14.6 Å². The zero-order valence-corrected chi connectivity index (χ0v) is 37.9. The molecule has 0 atom stereocenters. The molecule has 0 aliphatic heterocycles. The van der Waals surface area contributed by atoms with E-state index in [-0.39, 0.29) is 24.6 Å². The third kappa shape index (κ3) is 41.6. The Hall–Kier alpha value is -2.34. The van der Waals surface area contributed by atoms with Crippen molar-refractivity contribution in [2.24, 2.45) is 10.7 Å². The molecule has 0 bridgehead atoms. The Labute approximate surface area is 352 Å². The average Bonchev–Trinajstić information content (AvgIpc) is 3.20. The molecule has 0 saturated heterocycles. The molecular weight excluding hydrogens is 711 g/mol. The first kappa shape index (κ1) is 54.7. The van der Waals surface area contributed by atoms with Crippen LogP contribution in [0, 0.1) is 11.3 Å². The van der Waals surface area contributed by atoms with Crippen molar-refractivity contribution in [1.82, 2.24) is 10.2 Å². The number of nitriles is 1. The van der Waals surface area contributed by atoms with Gasteiger partial charge in [0.05, 0.1) is 12.7 Å². The topological polar surface area (TPSA) is 130 Å². The summed E-state index contributed by atoms with van der Waals surface area (Å²) in [6.07, 6.45) is 39.1. The Kier molecular flexibility index (Phi) is 42.9. The van der Waals surface area contributed by atoms with Gasteiger partial charge >= 0.3 is 11.9 Å². The van der Waals surface area contributed by atoms with Crippen molar-refractivity contribution in [3.63, 3.8) is 0 Å². The van der Waals surface area contributed by atoms with Gasteiger partial charge in [-0.25, -0.2) is 0 Å². The summed E-state index contributed by atoms with van der Waals surface area (Å²) in [6, 6.07) is 2.02. The van der Waals surface area contributed by atoms with Gasteiger partial charge in [-0.05, 0) is 83.8 Å². The largest absolute Gasteiger partial charge is 0.466 e. The second-order valence-corrected chi connectivity index (χ2v) is 16.6. The van der Waals surface area contributed by atoms with E-state index in [0.717, 1.165) is 103 Å². The number of guanidine groups is 1. The van der Waals surface area contributed by atoms with Crippen molar-refractivity contribution in [1.29, 1.82) is 5.26 Å². The molecule has 0 amide bonds. The van der Waals surface area contributed by atoms with Crippen LogP contribution in [-0.2, 0) is 19.1 Å². The highest BCUT2D eigenvalue weighted by molar-refractivity contribution is 5.77. The smallest absolute Gasteiger partial charge is 0.306 e. The monoisotopic (exact) mass is 804 g/mol. The van der Waals surface area contributed by atoms with Crippen LogP contribution in [-0.4, -0.2) is 68.2 Å². The Morgan fingerprint density at radius 2 is 1.00 bits per heavy atom. The van der Waals surface area contributed by atoms with E-state index >= 15 is 0 Å². The highest BCUT2D eigenvalue weighted by atomic mass is 16.5. The number of rotatable bonds is 44. The van der Waals surface area contributed by atoms with Crippen LogP contribution in [0.2, 0.25) is 0 Å². The molecule has 9 nitrogen and oxygen atoms in total. The molecule has 0 fully saturated rings. The fraction of sp³-hybridized carbons (Fsp3) is 0.917. The van der Waals surface area contributed by atoms with E-state index in [2.05, 4.69) is 36.0 Å². The molecule has 0 saturated carbocycles. The van der Waals surface area contributed by atoms with Gasteiger partial charge < -0.3 is 25.4 Å². The highest BCUT2D eigenvalue weighted by Crippen LogP contribution is 2.19. The summed E-state index contributed by atoms with van der Waals surface area (Å²) in [7, 11) is 0. The van der Waals surface area contributed by atoms with E-state index in [9.17, 15) is 9.59 Å². The first-order valence-corrected chi connectivity index (χ1v) is 24.4. The van der Waals surface area contributed by atoms with Crippen LogP contribution >= 0.6 is 0 Å². The van der Waals surface area contributed by atoms with Crippen molar-refractivity contribution < 1.29 is 19.1 Å². The van der Waals surface area contributed by atoms with Crippen LogP contribution in [0.5, 0.6) is 0 Å². The van der Waals surface area contributed by atoms with Crippen LogP contribution in [0.3, 0.4) is 0 Å². The van der Waals surface area contributed by atoms with Crippen molar-refractivity contribution in [3.8, 4) is 6.07 Å². The normalized spacial score (nSPS) is 11.7. The number of unbranched alkanes of at least 4 members (excludes halogenated alkanes) is 24. The standard InChI is InChI=1S/C48H93N5O4/c1-4-7-10-13-16-17-18-24-32-44-56-46(54)36-29-25-31-42-53(43-33-39-51-48(50)52-40-38-49)41-30-23-19-22-28-37-47(55)57-45(34-26-20-14-11-8-5-2)35-27-21-15-12-9-6-3/h45H,4-37,39-44H2,1-3H3,(H3,50,51,52). The number of carbonyl (C=O) groups is 2. The summed E-state index contributed by atoms with van der Waals surface area (Å²) >= 11 is 0. The number of hydrogen-bond acceptors (Lipinski definition) is 7. The lowest BCUT2D eigenvalue weighted by atomic mass is 10.0. The van der Waals surface area contributed by atoms with Crippen LogP contribution in [0.4, 0.5) is 0 Å². The molecule has 0 aliphatic rings. The summed E-state index contributed by atoms with van der Waals surface area (Å²) in [6.45, 7) is 11.1. The number of ether oxygens (including phenoxy) is 2. The molecule has 334 valence electrons. The SMILES string of the molecule is CCCCCCCCCCCOC(=O)CCCCCN(CCCCCCCC(=O)OC(CCCCCCCC)CCCCCCCC)CCCN=C(N)NCC#N. The quantitative estimate of drug-likeness (QED) is 0.0205.